The lowest BCUT2D eigenvalue weighted by Gasteiger charge is -2.27. The average Bonchev–Trinajstić information content (AvgIpc) is 2.80. The van der Waals surface area contributed by atoms with Gasteiger partial charge in [0.1, 0.15) is 0 Å². The van der Waals surface area contributed by atoms with Crippen LogP contribution in [-0.4, -0.2) is 29.4 Å². The van der Waals surface area contributed by atoms with E-state index in [0.717, 1.165) is 19.3 Å². The van der Waals surface area contributed by atoms with Crippen LogP contribution < -0.4 is 5.73 Å². The second-order valence-electron chi connectivity index (χ2n) is 4.70. The van der Waals surface area contributed by atoms with Crippen LogP contribution in [0.4, 0.5) is 0 Å². The van der Waals surface area contributed by atoms with E-state index in [9.17, 15) is 4.79 Å². The van der Waals surface area contributed by atoms with Crippen LogP contribution in [0.1, 0.15) is 24.6 Å². The summed E-state index contributed by atoms with van der Waals surface area (Å²) < 4.78 is 0. The Hall–Kier alpha value is -0.870. The molecule has 1 amide bonds. The standard InChI is InChI=1S/C12H18N2OS/c1-9(8-10-4-3-7-16-10)14(2)11(15)12(13)5-6-12/h3-4,7,9H,5-6,8,13H2,1-2H3. The number of hydrogen-bond donors (Lipinski definition) is 1. The predicted octanol–water partition coefficient (Wildman–Crippen LogP) is 1.63. The van der Waals surface area contributed by atoms with E-state index in [-0.39, 0.29) is 11.9 Å². The Labute approximate surface area is 100 Å². The number of amides is 1. The van der Waals surface area contributed by atoms with Gasteiger partial charge in [-0.15, -0.1) is 11.3 Å². The van der Waals surface area contributed by atoms with Gasteiger partial charge in [-0.05, 0) is 31.2 Å². The highest BCUT2D eigenvalue weighted by Gasteiger charge is 2.48. The molecule has 1 fully saturated rings. The summed E-state index contributed by atoms with van der Waals surface area (Å²) in [5, 5.41) is 2.06. The Balaban J connectivity index is 1.94. The third-order valence-corrected chi connectivity index (χ3v) is 4.17. The number of carbonyl (C=O) groups is 1. The minimum atomic E-state index is -0.543. The van der Waals surface area contributed by atoms with Crippen molar-refractivity contribution in [2.24, 2.45) is 5.73 Å². The number of nitrogens with two attached hydrogens (primary N) is 1. The van der Waals surface area contributed by atoms with Crippen LogP contribution in [0, 0.1) is 0 Å². The third-order valence-electron chi connectivity index (χ3n) is 3.27. The van der Waals surface area contributed by atoms with Gasteiger partial charge in [-0.3, -0.25) is 4.79 Å². The quantitative estimate of drug-likeness (QED) is 0.866. The molecule has 0 saturated heterocycles. The molecule has 0 bridgehead atoms. The van der Waals surface area contributed by atoms with Gasteiger partial charge >= 0.3 is 0 Å². The molecule has 88 valence electrons. The molecule has 1 aliphatic rings. The normalized spacial score (nSPS) is 19.2. The lowest BCUT2D eigenvalue weighted by atomic mass is 10.1. The van der Waals surface area contributed by atoms with Crippen molar-refractivity contribution in [2.45, 2.75) is 37.8 Å². The van der Waals surface area contributed by atoms with Gasteiger partial charge in [0, 0.05) is 24.4 Å². The van der Waals surface area contributed by atoms with Gasteiger partial charge in [0.2, 0.25) is 5.91 Å². The summed E-state index contributed by atoms with van der Waals surface area (Å²) in [5.74, 6) is 0.0940. The van der Waals surface area contributed by atoms with Gasteiger partial charge in [-0.2, -0.15) is 0 Å². The molecule has 1 saturated carbocycles. The molecule has 1 unspecified atom stereocenters. The van der Waals surface area contributed by atoms with Crippen LogP contribution in [0.3, 0.4) is 0 Å². The molecule has 0 aliphatic heterocycles. The molecule has 0 aromatic carbocycles. The van der Waals surface area contributed by atoms with E-state index < -0.39 is 5.54 Å². The Morgan fingerprint density at radius 2 is 2.38 bits per heavy atom. The smallest absolute Gasteiger partial charge is 0.242 e. The topological polar surface area (TPSA) is 46.3 Å². The maximum Gasteiger partial charge on any atom is 0.242 e. The lowest BCUT2D eigenvalue weighted by molar-refractivity contribution is -0.134. The minimum absolute atomic E-state index is 0.0940. The van der Waals surface area contributed by atoms with E-state index in [1.54, 1.807) is 16.2 Å². The number of thiophene rings is 1. The van der Waals surface area contributed by atoms with E-state index in [0.29, 0.717) is 0 Å². The van der Waals surface area contributed by atoms with Gasteiger partial charge < -0.3 is 10.6 Å². The second kappa shape index (κ2) is 4.18. The third kappa shape index (κ3) is 2.28. The molecular formula is C12H18N2OS. The second-order valence-corrected chi connectivity index (χ2v) is 5.74. The molecule has 1 aliphatic carbocycles. The molecule has 4 heteroatoms. The first-order chi connectivity index (χ1) is 7.53. The molecule has 1 aromatic heterocycles. The molecular weight excluding hydrogens is 220 g/mol. The molecule has 0 spiro atoms. The fraction of sp³-hybridized carbons (Fsp3) is 0.583. The Bertz CT molecular complexity index is 370. The molecule has 2 rings (SSSR count). The summed E-state index contributed by atoms with van der Waals surface area (Å²) in [6, 6.07) is 4.36. The highest BCUT2D eigenvalue weighted by molar-refractivity contribution is 7.09. The molecule has 3 nitrogen and oxygen atoms in total. The van der Waals surface area contributed by atoms with Gasteiger partial charge in [-0.1, -0.05) is 6.07 Å². The van der Waals surface area contributed by atoms with Crippen molar-refractivity contribution in [1.29, 1.82) is 0 Å². The maximum absolute atomic E-state index is 12.0. The monoisotopic (exact) mass is 238 g/mol. The Kier molecular flexibility index (Phi) is 3.04. The van der Waals surface area contributed by atoms with Gasteiger partial charge in [0.25, 0.3) is 0 Å². The molecule has 1 aromatic rings. The highest BCUT2D eigenvalue weighted by Crippen LogP contribution is 2.34. The fourth-order valence-corrected chi connectivity index (χ4v) is 2.58. The van der Waals surface area contributed by atoms with Crippen molar-refractivity contribution < 1.29 is 4.79 Å². The predicted molar refractivity (Wildman–Crippen MR) is 66.4 cm³/mol. The zero-order valence-corrected chi connectivity index (χ0v) is 10.6. The van der Waals surface area contributed by atoms with Gasteiger partial charge in [0.05, 0.1) is 5.54 Å². The van der Waals surface area contributed by atoms with E-state index >= 15 is 0 Å². The van der Waals surface area contributed by atoms with Gasteiger partial charge in [-0.25, -0.2) is 0 Å². The molecule has 16 heavy (non-hydrogen) atoms. The first-order valence-corrected chi connectivity index (χ1v) is 6.49. The van der Waals surface area contributed by atoms with Gasteiger partial charge in [0.15, 0.2) is 0 Å². The van der Waals surface area contributed by atoms with Crippen LogP contribution in [0.2, 0.25) is 0 Å². The van der Waals surface area contributed by atoms with Crippen LogP contribution in [0.5, 0.6) is 0 Å². The molecule has 1 atom stereocenters. The summed E-state index contributed by atoms with van der Waals surface area (Å²) in [7, 11) is 1.85. The fourth-order valence-electron chi connectivity index (χ4n) is 1.76. The highest BCUT2D eigenvalue weighted by atomic mass is 32.1. The largest absolute Gasteiger partial charge is 0.341 e. The van der Waals surface area contributed by atoms with Crippen LogP contribution in [0.15, 0.2) is 17.5 Å². The summed E-state index contributed by atoms with van der Waals surface area (Å²) in [6.45, 7) is 2.07. The Morgan fingerprint density at radius 1 is 1.69 bits per heavy atom. The summed E-state index contributed by atoms with van der Waals surface area (Å²) in [5.41, 5.74) is 5.37. The van der Waals surface area contributed by atoms with E-state index in [2.05, 4.69) is 18.4 Å². The first-order valence-electron chi connectivity index (χ1n) is 5.61. The average molecular weight is 238 g/mol. The van der Waals surface area contributed by atoms with E-state index in [1.165, 1.54) is 4.88 Å². The Morgan fingerprint density at radius 3 is 2.88 bits per heavy atom. The van der Waals surface area contributed by atoms with Crippen molar-refractivity contribution in [3.8, 4) is 0 Å². The van der Waals surface area contributed by atoms with Crippen LogP contribution in [-0.2, 0) is 11.2 Å². The molecule has 1 heterocycles. The first kappa shape index (κ1) is 11.6. The van der Waals surface area contributed by atoms with Crippen molar-refractivity contribution in [2.75, 3.05) is 7.05 Å². The summed E-state index contributed by atoms with van der Waals surface area (Å²) in [6.07, 6.45) is 2.58. The van der Waals surface area contributed by atoms with Crippen LogP contribution in [0.25, 0.3) is 0 Å². The summed E-state index contributed by atoms with van der Waals surface area (Å²) >= 11 is 1.73. The maximum atomic E-state index is 12.0. The SMILES string of the molecule is CC(Cc1cccs1)N(C)C(=O)C1(N)CC1. The van der Waals surface area contributed by atoms with E-state index in [1.807, 2.05) is 13.1 Å². The van der Waals surface area contributed by atoms with Crippen molar-refractivity contribution in [3.63, 3.8) is 0 Å². The lowest BCUT2D eigenvalue weighted by Crippen LogP contribution is -2.47. The van der Waals surface area contributed by atoms with Crippen molar-refractivity contribution >= 4 is 17.2 Å². The minimum Gasteiger partial charge on any atom is -0.341 e. The molecule has 0 radical (unpaired) electrons. The zero-order chi connectivity index (χ0) is 11.8. The van der Waals surface area contributed by atoms with Crippen molar-refractivity contribution in [1.82, 2.24) is 4.90 Å². The van der Waals surface area contributed by atoms with Crippen LogP contribution >= 0.6 is 11.3 Å². The zero-order valence-electron chi connectivity index (χ0n) is 9.77. The number of nitrogens with zero attached hydrogens (tertiary/aromatic N) is 1. The number of carbonyl (C=O) groups excluding carboxylic acids is 1. The molecule has 2 N–H and O–H groups in total. The van der Waals surface area contributed by atoms with Crippen molar-refractivity contribution in [3.05, 3.63) is 22.4 Å². The number of likely N-dealkylation sites (N-methyl/N-ethyl adjacent to an activating group) is 1. The number of rotatable bonds is 4. The van der Waals surface area contributed by atoms with E-state index in [4.69, 9.17) is 5.73 Å². The summed E-state index contributed by atoms with van der Waals surface area (Å²) in [4.78, 5) is 15.1. The number of hydrogen-bond acceptors (Lipinski definition) is 3.